The number of benzene rings is 1. The highest BCUT2D eigenvalue weighted by Crippen LogP contribution is 2.24. The van der Waals surface area contributed by atoms with Crippen LogP contribution in [0.2, 0.25) is 5.02 Å². The van der Waals surface area contributed by atoms with Crippen molar-refractivity contribution in [3.63, 3.8) is 0 Å². The van der Waals surface area contributed by atoms with Gasteiger partial charge in [-0.25, -0.2) is 9.78 Å². The average molecular weight is 309 g/mol. The first-order valence-electron chi connectivity index (χ1n) is 5.70. The lowest BCUT2D eigenvalue weighted by molar-refractivity contribution is 0.0691. The predicted octanol–water partition coefficient (Wildman–Crippen LogP) is 3.33. The largest absolute Gasteiger partial charge is 0.486 e. The minimum absolute atomic E-state index is 0.0403. The molecule has 0 aliphatic rings. The minimum Gasteiger partial charge on any atom is -0.486 e. The van der Waals surface area contributed by atoms with Gasteiger partial charge >= 0.3 is 5.97 Å². The molecule has 0 saturated heterocycles. The lowest BCUT2D eigenvalue weighted by Gasteiger charge is -2.07. The van der Waals surface area contributed by atoms with Crippen molar-refractivity contribution in [3.05, 3.63) is 52.3 Å². The lowest BCUT2D eigenvalue weighted by Crippen LogP contribution is -2.03. The number of carbonyl (C=O) groups is 1. The highest BCUT2D eigenvalue weighted by molar-refractivity contribution is 7.15. The zero-order valence-corrected chi connectivity index (χ0v) is 11.7. The predicted molar refractivity (Wildman–Crippen MR) is 75.8 cm³/mol. The molecule has 0 aliphatic carbocycles. The summed E-state index contributed by atoms with van der Waals surface area (Å²) in [6.07, 6.45) is 3.75. The monoisotopic (exact) mass is 308 g/mol. The van der Waals surface area contributed by atoms with Gasteiger partial charge < -0.3 is 9.84 Å². The van der Waals surface area contributed by atoms with Gasteiger partial charge in [-0.05, 0) is 18.2 Å². The van der Waals surface area contributed by atoms with E-state index in [2.05, 4.69) is 4.98 Å². The van der Waals surface area contributed by atoms with E-state index in [0.717, 1.165) is 10.7 Å². The van der Waals surface area contributed by atoms with Crippen LogP contribution >= 0.6 is 22.9 Å². The first-order chi connectivity index (χ1) is 9.63. The standard InChI is InChI=1S/C13H9ClN2O3S/c14-8-1-2-11(10(5-8)12(17)18)19-7-9-6-16-3-4-20-13(16)15-9/h1-6H,7H2,(H,17,18). The molecule has 0 unspecified atom stereocenters. The number of aromatic carboxylic acids is 1. The van der Waals surface area contributed by atoms with Crippen molar-refractivity contribution >= 4 is 33.9 Å². The van der Waals surface area contributed by atoms with Gasteiger partial charge in [-0.3, -0.25) is 4.40 Å². The number of carboxylic acid groups (broad SMARTS) is 1. The van der Waals surface area contributed by atoms with Crippen molar-refractivity contribution in [1.29, 1.82) is 0 Å². The molecule has 2 heterocycles. The van der Waals surface area contributed by atoms with Crippen molar-refractivity contribution in [3.8, 4) is 5.75 Å². The molecule has 0 amide bonds. The van der Waals surface area contributed by atoms with E-state index in [1.165, 1.54) is 17.4 Å². The average Bonchev–Trinajstić information content (AvgIpc) is 2.97. The van der Waals surface area contributed by atoms with Gasteiger partial charge in [-0.15, -0.1) is 11.3 Å². The Balaban J connectivity index is 1.81. The van der Waals surface area contributed by atoms with Crippen molar-refractivity contribution < 1.29 is 14.6 Å². The van der Waals surface area contributed by atoms with Crippen LogP contribution in [-0.2, 0) is 6.61 Å². The van der Waals surface area contributed by atoms with E-state index in [9.17, 15) is 4.79 Å². The second kappa shape index (κ2) is 5.15. The summed E-state index contributed by atoms with van der Waals surface area (Å²) in [5.74, 6) is -0.799. The summed E-state index contributed by atoms with van der Waals surface area (Å²) in [4.78, 5) is 16.4. The molecule has 2 aromatic heterocycles. The summed E-state index contributed by atoms with van der Waals surface area (Å²) in [7, 11) is 0. The smallest absolute Gasteiger partial charge is 0.339 e. The van der Waals surface area contributed by atoms with E-state index in [-0.39, 0.29) is 17.9 Å². The van der Waals surface area contributed by atoms with Crippen LogP contribution < -0.4 is 4.74 Å². The maximum atomic E-state index is 11.1. The molecule has 0 radical (unpaired) electrons. The SMILES string of the molecule is O=C(O)c1cc(Cl)ccc1OCc1cn2ccsc2n1. The van der Waals surface area contributed by atoms with E-state index < -0.39 is 5.97 Å². The van der Waals surface area contributed by atoms with Crippen LogP contribution in [0.15, 0.2) is 36.0 Å². The second-order valence-electron chi connectivity index (χ2n) is 4.06. The van der Waals surface area contributed by atoms with Crippen molar-refractivity contribution in [1.82, 2.24) is 9.38 Å². The molecule has 3 aromatic rings. The fourth-order valence-corrected chi connectivity index (χ4v) is 2.68. The normalized spacial score (nSPS) is 10.8. The third kappa shape index (κ3) is 2.48. The summed E-state index contributed by atoms with van der Waals surface area (Å²) in [6.45, 7) is 0.205. The lowest BCUT2D eigenvalue weighted by atomic mass is 10.2. The molecule has 102 valence electrons. The molecule has 0 atom stereocenters. The van der Waals surface area contributed by atoms with Gasteiger partial charge in [0.1, 0.15) is 17.9 Å². The Kier molecular flexibility index (Phi) is 3.33. The Hall–Kier alpha value is -2.05. The zero-order valence-electron chi connectivity index (χ0n) is 10.1. The number of hydrogen-bond donors (Lipinski definition) is 1. The van der Waals surface area contributed by atoms with Crippen LogP contribution in [-0.4, -0.2) is 20.5 Å². The van der Waals surface area contributed by atoms with Crippen LogP contribution in [0, 0.1) is 0 Å². The summed E-state index contributed by atoms with van der Waals surface area (Å²) in [6, 6.07) is 4.50. The maximum Gasteiger partial charge on any atom is 0.339 e. The second-order valence-corrected chi connectivity index (χ2v) is 5.37. The molecule has 0 fully saturated rings. The fourth-order valence-electron chi connectivity index (χ4n) is 1.79. The van der Waals surface area contributed by atoms with Crippen molar-refractivity contribution in [2.75, 3.05) is 0 Å². The summed E-state index contributed by atoms with van der Waals surface area (Å²) in [5, 5.41) is 11.4. The number of hydrogen-bond acceptors (Lipinski definition) is 4. The number of rotatable bonds is 4. The topological polar surface area (TPSA) is 63.8 Å². The van der Waals surface area contributed by atoms with E-state index in [0.29, 0.717) is 5.02 Å². The van der Waals surface area contributed by atoms with Gasteiger partial charge in [0, 0.05) is 22.8 Å². The molecule has 0 aliphatic heterocycles. The quantitative estimate of drug-likeness (QED) is 0.803. The summed E-state index contributed by atoms with van der Waals surface area (Å²) in [5.41, 5.74) is 0.779. The maximum absolute atomic E-state index is 11.1. The number of imidazole rings is 1. The molecule has 1 aromatic carbocycles. The van der Waals surface area contributed by atoms with E-state index >= 15 is 0 Å². The minimum atomic E-state index is -1.08. The summed E-state index contributed by atoms with van der Waals surface area (Å²) >= 11 is 7.31. The van der Waals surface area contributed by atoms with Gasteiger partial charge in [0.05, 0.1) is 5.69 Å². The van der Waals surface area contributed by atoms with E-state index in [1.54, 1.807) is 12.1 Å². The Bertz CT molecular complexity index is 752. The van der Waals surface area contributed by atoms with Gasteiger partial charge in [-0.1, -0.05) is 11.6 Å². The molecular formula is C13H9ClN2O3S. The van der Waals surface area contributed by atoms with Crippen LogP contribution in [0.5, 0.6) is 5.75 Å². The van der Waals surface area contributed by atoms with Crippen LogP contribution in [0.4, 0.5) is 0 Å². The number of nitrogens with zero attached hydrogens (tertiary/aromatic N) is 2. The Morgan fingerprint density at radius 2 is 2.35 bits per heavy atom. The molecule has 20 heavy (non-hydrogen) atoms. The third-order valence-corrected chi connectivity index (χ3v) is 3.70. The zero-order chi connectivity index (χ0) is 14.1. The first kappa shape index (κ1) is 13.0. The molecule has 1 N–H and O–H groups in total. The number of carboxylic acids is 1. The van der Waals surface area contributed by atoms with Gasteiger partial charge in [-0.2, -0.15) is 0 Å². The van der Waals surface area contributed by atoms with Gasteiger partial charge in [0.25, 0.3) is 0 Å². The van der Waals surface area contributed by atoms with Gasteiger partial charge in [0.2, 0.25) is 0 Å². The van der Waals surface area contributed by atoms with Crippen molar-refractivity contribution in [2.24, 2.45) is 0 Å². The van der Waals surface area contributed by atoms with Crippen molar-refractivity contribution in [2.45, 2.75) is 6.61 Å². The van der Waals surface area contributed by atoms with E-state index in [4.69, 9.17) is 21.4 Å². The molecule has 0 saturated carbocycles. The molecule has 0 bridgehead atoms. The number of fused-ring (bicyclic) bond motifs is 1. The van der Waals surface area contributed by atoms with Crippen LogP contribution in [0.3, 0.4) is 0 Å². The third-order valence-electron chi connectivity index (χ3n) is 2.69. The number of halogens is 1. The molecule has 7 heteroatoms. The number of ether oxygens (including phenoxy) is 1. The fraction of sp³-hybridized carbons (Fsp3) is 0.0769. The first-order valence-corrected chi connectivity index (χ1v) is 6.96. The van der Waals surface area contributed by atoms with Crippen LogP contribution in [0.25, 0.3) is 4.96 Å². The molecule has 0 spiro atoms. The Labute approximate surface area is 123 Å². The highest BCUT2D eigenvalue weighted by atomic mass is 35.5. The van der Waals surface area contributed by atoms with E-state index in [1.807, 2.05) is 22.2 Å². The Morgan fingerprint density at radius 1 is 1.50 bits per heavy atom. The molecular weight excluding hydrogens is 300 g/mol. The van der Waals surface area contributed by atoms with Crippen LogP contribution in [0.1, 0.15) is 16.1 Å². The Morgan fingerprint density at radius 3 is 3.10 bits per heavy atom. The molecule has 3 rings (SSSR count). The highest BCUT2D eigenvalue weighted by Gasteiger charge is 2.13. The molecule has 5 nitrogen and oxygen atoms in total. The summed E-state index contributed by atoms with van der Waals surface area (Å²) < 4.78 is 7.42. The number of thiazole rings is 1. The number of aromatic nitrogens is 2. The van der Waals surface area contributed by atoms with Gasteiger partial charge in [0.15, 0.2) is 4.96 Å².